The largest absolute Gasteiger partial charge is 0.368 e. The van der Waals surface area contributed by atoms with E-state index in [1.54, 1.807) is 6.20 Å². The third kappa shape index (κ3) is 4.25. The molecule has 0 aliphatic carbocycles. The first-order chi connectivity index (χ1) is 7.24. The average Bonchev–Trinajstić information content (AvgIpc) is 2.23. The van der Waals surface area contributed by atoms with Gasteiger partial charge in [-0.15, -0.1) is 0 Å². The Bertz CT molecular complexity index is 299. The maximum Gasteiger partial charge on any atom is 0.144 e. The minimum atomic E-state index is 0.858. The van der Waals surface area contributed by atoms with Gasteiger partial charge in [-0.2, -0.15) is 0 Å². The molecule has 0 aliphatic heterocycles. The molecule has 0 bridgehead atoms. The number of hydrogen-bond acceptors (Lipinski definition) is 4. The molecule has 15 heavy (non-hydrogen) atoms. The van der Waals surface area contributed by atoms with Crippen LogP contribution in [0.1, 0.15) is 24.7 Å². The van der Waals surface area contributed by atoms with Gasteiger partial charge in [0.15, 0.2) is 0 Å². The van der Waals surface area contributed by atoms with Gasteiger partial charge < -0.3 is 10.6 Å². The van der Waals surface area contributed by atoms with Crippen molar-refractivity contribution in [3.8, 4) is 0 Å². The van der Waals surface area contributed by atoms with Crippen molar-refractivity contribution in [1.29, 1.82) is 0 Å². The summed E-state index contributed by atoms with van der Waals surface area (Å²) in [5.41, 5.74) is 1.98. The van der Waals surface area contributed by atoms with Gasteiger partial charge in [0, 0.05) is 13.1 Å². The van der Waals surface area contributed by atoms with Crippen molar-refractivity contribution < 1.29 is 0 Å². The number of hydrogen-bond donors (Lipinski definition) is 2. The normalized spacial score (nSPS) is 10.3. The zero-order chi connectivity index (χ0) is 11.1. The molecule has 2 N–H and O–H groups in total. The molecular weight excluding hydrogens is 188 g/mol. The molecule has 1 aromatic heterocycles. The van der Waals surface area contributed by atoms with Gasteiger partial charge in [-0.25, -0.2) is 4.98 Å². The predicted octanol–water partition coefficient (Wildman–Crippen LogP) is 1.50. The van der Waals surface area contributed by atoms with E-state index in [0.29, 0.717) is 0 Å². The van der Waals surface area contributed by atoms with Crippen LogP contribution in [0.5, 0.6) is 0 Å². The number of anilines is 1. The fourth-order valence-electron chi connectivity index (χ4n) is 1.21. The zero-order valence-corrected chi connectivity index (χ0v) is 9.80. The topological polar surface area (TPSA) is 49.8 Å². The molecule has 1 heterocycles. The summed E-state index contributed by atoms with van der Waals surface area (Å²) in [6.07, 6.45) is 2.95. The smallest absolute Gasteiger partial charge is 0.144 e. The van der Waals surface area contributed by atoms with E-state index in [1.807, 2.05) is 13.8 Å². The van der Waals surface area contributed by atoms with Gasteiger partial charge >= 0.3 is 0 Å². The van der Waals surface area contributed by atoms with Gasteiger partial charge in [0.05, 0.1) is 17.6 Å². The quantitative estimate of drug-likeness (QED) is 0.696. The van der Waals surface area contributed by atoms with Crippen LogP contribution in [0.25, 0.3) is 0 Å². The van der Waals surface area contributed by atoms with Gasteiger partial charge in [-0.3, -0.25) is 4.98 Å². The Morgan fingerprint density at radius 3 is 2.60 bits per heavy atom. The fraction of sp³-hybridized carbons (Fsp3) is 0.636. The van der Waals surface area contributed by atoms with Crippen molar-refractivity contribution in [2.75, 3.05) is 25.0 Å². The van der Waals surface area contributed by atoms with Crippen LogP contribution in [0.4, 0.5) is 5.82 Å². The number of aromatic nitrogens is 2. The summed E-state index contributed by atoms with van der Waals surface area (Å²) < 4.78 is 0. The molecule has 0 unspecified atom stereocenters. The summed E-state index contributed by atoms with van der Waals surface area (Å²) in [6.45, 7) is 9.02. The number of nitrogens with zero attached hydrogens (tertiary/aromatic N) is 2. The monoisotopic (exact) mass is 208 g/mol. The molecular formula is C11H20N4. The summed E-state index contributed by atoms with van der Waals surface area (Å²) in [4.78, 5) is 8.64. The first-order valence-electron chi connectivity index (χ1n) is 5.49. The molecule has 4 nitrogen and oxygen atoms in total. The Balaban J connectivity index is 2.28. The maximum atomic E-state index is 4.39. The van der Waals surface area contributed by atoms with E-state index in [9.17, 15) is 0 Å². The van der Waals surface area contributed by atoms with Gasteiger partial charge in [0.25, 0.3) is 0 Å². The second-order valence-corrected chi connectivity index (χ2v) is 3.60. The lowest BCUT2D eigenvalue weighted by Gasteiger charge is -2.07. The minimum absolute atomic E-state index is 0.858. The predicted molar refractivity (Wildman–Crippen MR) is 63.2 cm³/mol. The Morgan fingerprint density at radius 1 is 1.13 bits per heavy atom. The van der Waals surface area contributed by atoms with E-state index in [0.717, 1.165) is 36.8 Å². The van der Waals surface area contributed by atoms with Gasteiger partial charge in [-0.05, 0) is 26.8 Å². The van der Waals surface area contributed by atoms with Crippen molar-refractivity contribution in [2.24, 2.45) is 0 Å². The first-order valence-corrected chi connectivity index (χ1v) is 5.49. The highest BCUT2D eigenvalue weighted by Crippen LogP contribution is 2.04. The third-order valence-corrected chi connectivity index (χ3v) is 2.23. The Labute approximate surface area is 91.5 Å². The lowest BCUT2D eigenvalue weighted by molar-refractivity contribution is 0.687. The second kappa shape index (κ2) is 6.35. The number of rotatable bonds is 6. The summed E-state index contributed by atoms with van der Waals surface area (Å²) in [5, 5.41) is 6.56. The van der Waals surface area contributed by atoms with Gasteiger partial charge in [-0.1, -0.05) is 6.92 Å². The first kappa shape index (κ1) is 11.9. The van der Waals surface area contributed by atoms with Crippen LogP contribution in [-0.2, 0) is 0 Å². The maximum absolute atomic E-state index is 4.39. The molecule has 0 aliphatic rings. The molecule has 0 amide bonds. The molecule has 0 fully saturated rings. The van der Waals surface area contributed by atoms with Crippen LogP contribution in [-0.4, -0.2) is 29.6 Å². The minimum Gasteiger partial charge on any atom is -0.368 e. The van der Waals surface area contributed by atoms with E-state index < -0.39 is 0 Å². The van der Waals surface area contributed by atoms with Crippen LogP contribution >= 0.6 is 0 Å². The lowest BCUT2D eigenvalue weighted by Crippen LogP contribution is -2.23. The van der Waals surface area contributed by atoms with Crippen molar-refractivity contribution in [3.63, 3.8) is 0 Å². The Kier molecular flexibility index (Phi) is 5.04. The molecule has 0 radical (unpaired) electrons. The molecule has 4 heteroatoms. The van der Waals surface area contributed by atoms with E-state index in [-0.39, 0.29) is 0 Å². The van der Waals surface area contributed by atoms with E-state index in [2.05, 4.69) is 27.5 Å². The van der Waals surface area contributed by atoms with Crippen molar-refractivity contribution in [1.82, 2.24) is 15.3 Å². The summed E-state index contributed by atoms with van der Waals surface area (Å²) >= 11 is 0. The molecule has 0 spiro atoms. The lowest BCUT2D eigenvalue weighted by atomic mass is 10.3. The van der Waals surface area contributed by atoms with E-state index in [1.165, 1.54) is 6.42 Å². The Hall–Kier alpha value is -1.16. The standard InChI is InChI=1S/C11H20N4/c1-4-5-12-6-7-13-11-8-14-9(2)10(3)15-11/h8,12H,4-7H2,1-3H3,(H,13,15). The van der Waals surface area contributed by atoms with Crippen molar-refractivity contribution in [2.45, 2.75) is 27.2 Å². The van der Waals surface area contributed by atoms with Crippen LogP contribution < -0.4 is 10.6 Å². The van der Waals surface area contributed by atoms with Crippen molar-refractivity contribution >= 4 is 5.82 Å². The SMILES string of the molecule is CCCNCCNc1cnc(C)c(C)n1. The summed E-state index contributed by atoms with van der Waals surface area (Å²) in [7, 11) is 0. The molecule has 0 saturated carbocycles. The van der Waals surface area contributed by atoms with Crippen LogP contribution in [0.2, 0.25) is 0 Å². The van der Waals surface area contributed by atoms with Crippen LogP contribution in [0, 0.1) is 13.8 Å². The van der Waals surface area contributed by atoms with Crippen LogP contribution in [0.15, 0.2) is 6.20 Å². The van der Waals surface area contributed by atoms with Crippen LogP contribution in [0.3, 0.4) is 0 Å². The highest BCUT2D eigenvalue weighted by atomic mass is 15.0. The molecule has 1 rings (SSSR count). The number of aryl methyl sites for hydroxylation is 2. The molecule has 0 atom stereocenters. The molecule has 1 aromatic rings. The Morgan fingerprint density at radius 2 is 1.93 bits per heavy atom. The average molecular weight is 208 g/mol. The second-order valence-electron chi connectivity index (χ2n) is 3.60. The highest BCUT2D eigenvalue weighted by molar-refractivity contribution is 5.33. The zero-order valence-electron chi connectivity index (χ0n) is 9.80. The fourth-order valence-corrected chi connectivity index (χ4v) is 1.21. The summed E-state index contributed by atoms with van der Waals surface area (Å²) in [5.74, 6) is 0.858. The van der Waals surface area contributed by atoms with Gasteiger partial charge in [0.2, 0.25) is 0 Å². The molecule has 0 saturated heterocycles. The summed E-state index contributed by atoms with van der Waals surface area (Å²) in [6, 6.07) is 0. The highest BCUT2D eigenvalue weighted by Gasteiger charge is 1.97. The van der Waals surface area contributed by atoms with Gasteiger partial charge in [0.1, 0.15) is 5.82 Å². The third-order valence-electron chi connectivity index (χ3n) is 2.23. The van der Waals surface area contributed by atoms with Crippen molar-refractivity contribution in [3.05, 3.63) is 17.6 Å². The van der Waals surface area contributed by atoms with E-state index >= 15 is 0 Å². The molecule has 84 valence electrons. The number of nitrogens with one attached hydrogen (secondary N) is 2. The molecule has 0 aromatic carbocycles. The van der Waals surface area contributed by atoms with E-state index in [4.69, 9.17) is 0 Å².